The fourth-order valence-electron chi connectivity index (χ4n) is 3.13. The van der Waals surface area contributed by atoms with Gasteiger partial charge in [-0.05, 0) is 43.3 Å². The smallest absolute Gasteiger partial charge is 0.261 e. The summed E-state index contributed by atoms with van der Waals surface area (Å²) in [5.74, 6) is -0.547. The number of carbonyl (C=O) groups excluding carboxylic acids is 2. The van der Waals surface area contributed by atoms with Crippen LogP contribution in [0.15, 0.2) is 48.7 Å². The van der Waals surface area contributed by atoms with E-state index in [1.54, 1.807) is 18.3 Å². The molecule has 0 saturated heterocycles. The molecule has 142 valence electrons. The van der Waals surface area contributed by atoms with Crippen LogP contribution in [-0.2, 0) is 6.42 Å². The minimum absolute atomic E-state index is 0.0715. The molecule has 3 heterocycles. The number of hydrogen-bond acceptors (Lipinski definition) is 5. The van der Waals surface area contributed by atoms with E-state index in [4.69, 9.17) is 4.74 Å². The van der Waals surface area contributed by atoms with Crippen molar-refractivity contribution < 1.29 is 18.7 Å². The molecular weight excluding hydrogens is 379 g/mol. The zero-order valence-electron chi connectivity index (χ0n) is 15.1. The van der Waals surface area contributed by atoms with Gasteiger partial charge in [0.2, 0.25) is 0 Å². The van der Waals surface area contributed by atoms with Crippen LogP contribution in [-0.4, -0.2) is 29.3 Å². The number of amides is 1. The van der Waals surface area contributed by atoms with Crippen LogP contribution in [0.5, 0.6) is 5.75 Å². The normalized spacial score (nSPS) is 15.0. The fraction of sp³-hybridized carbons (Fsp3) is 0.190. The predicted molar refractivity (Wildman–Crippen MR) is 104 cm³/mol. The first-order valence-electron chi connectivity index (χ1n) is 8.80. The molecule has 5 nitrogen and oxygen atoms in total. The molecule has 0 bridgehead atoms. The molecule has 1 N–H and O–H groups in total. The van der Waals surface area contributed by atoms with Gasteiger partial charge in [-0.2, -0.15) is 0 Å². The molecule has 1 atom stereocenters. The summed E-state index contributed by atoms with van der Waals surface area (Å²) in [6.07, 6.45) is 1.81. The zero-order valence-corrected chi connectivity index (χ0v) is 15.9. The second-order valence-electron chi connectivity index (χ2n) is 6.54. The van der Waals surface area contributed by atoms with Gasteiger partial charge in [0.25, 0.3) is 5.91 Å². The summed E-state index contributed by atoms with van der Waals surface area (Å²) in [7, 11) is 0. The molecule has 28 heavy (non-hydrogen) atoms. The number of nitrogens with one attached hydrogen (secondary N) is 1. The summed E-state index contributed by atoms with van der Waals surface area (Å²) in [6, 6.07) is 12.0. The van der Waals surface area contributed by atoms with Gasteiger partial charge >= 0.3 is 0 Å². The molecule has 7 heteroatoms. The Kier molecular flexibility index (Phi) is 4.92. The van der Waals surface area contributed by atoms with Crippen molar-refractivity contribution in [3.05, 3.63) is 69.8 Å². The lowest BCUT2D eigenvalue weighted by atomic mass is 10.0. The number of pyridine rings is 1. The molecule has 1 aliphatic rings. The fourth-order valence-corrected chi connectivity index (χ4v) is 3.94. The first-order chi connectivity index (χ1) is 13.5. The Morgan fingerprint density at radius 2 is 2.07 bits per heavy atom. The van der Waals surface area contributed by atoms with E-state index >= 15 is 0 Å². The van der Waals surface area contributed by atoms with Crippen molar-refractivity contribution in [1.82, 2.24) is 10.3 Å². The van der Waals surface area contributed by atoms with E-state index in [1.807, 2.05) is 24.3 Å². The number of ketones is 1. The molecule has 0 fully saturated rings. The van der Waals surface area contributed by atoms with Crippen molar-refractivity contribution in [2.45, 2.75) is 19.4 Å². The molecule has 1 aliphatic heterocycles. The number of carbonyl (C=O) groups is 2. The van der Waals surface area contributed by atoms with Crippen LogP contribution in [0.4, 0.5) is 4.39 Å². The van der Waals surface area contributed by atoms with Crippen LogP contribution in [0.2, 0.25) is 0 Å². The first-order valence-corrected chi connectivity index (χ1v) is 9.62. The van der Waals surface area contributed by atoms with Gasteiger partial charge in [0.05, 0.1) is 22.0 Å². The van der Waals surface area contributed by atoms with Crippen molar-refractivity contribution in [2.75, 3.05) is 6.54 Å². The van der Waals surface area contributed by atoms with E-state index in [2.05, 4.69) is 10.3 Å². The highest BCUT2D eigenvalue weighted by Gasteiger charge is 2.27. The third kappa shape index (κ3) is 3.66. The second-order valence-corrected chi connectivity index (χ2v) is 7.62. The van der Waals surface area contributed by atoms with Crippen molar-refractivity contribution in [3.63, 3.8) is 0 Å². The third-order valence-electron chi connectivity index (χ3n) is 4.48. The Morgan fingerprint density at radius 1 is 1.25 bits per heavy atom. The van der Waals surface area contributed by atoms with E-state index in [0.717, 1.165) is 16.9 Å². The van der Waals surface area contributed by atoms with Crippen LogP contribution < -0.4 is 10.1 Å². The van der Waals surface area contributed by atoms with Gasteiger partial charge in [0.1, 0.15) is 6.10 Å². The number of hydrogen-bond donors (Lipinski definition) is 1. The van der Waals surface area contributed by atoms with E-state index in [9.17, 15) is 14.0 Å². The number of rotatable bonds is 5. The van der Waals surface area contributed by atoms with Crippen LogP contribution in [0.25, 0.3) is 11.3 Å². The van der Waals surface area contributed by atoms with E-state index in [1.165, 1.54) is 13.0 Å². The molecule has 1 unspecified atom stereocenters. The predicted octanol–water partition coefficient (Wildman–Crippen LogP) is 3.89. The average Bonchev–Trinajstić information content (AvgIpc) is 3.34. The molecule has 4 rings (SSSR count). The number of aromatic nitrogens is 1. The highest BCUT2D eigenvalue weighted by Crippen LogP contribution is 2.35. The second kappa shape index (κ2) is 7.52. The van der Waals surface area contributed by atoms with Crippen molar-refractivity contribution in [2.24, 2.45) is 0 Å². The Balaban J connectivity index is 1.43. The quantitative estimate of drug-likeness (QED) is 0.665. The minimum atomic E-state index is -0.434. The number of nitrogens with zero attached hydrogens (tertiary/aromatic N) is 1. The Labute approximate surface area is 165 Å². The third-order valence-corrected chi connectivity index (χ3v) is 5.67. The summed E-state index contributed by atoms with van der Waals surface area (Å²) in [5, 5.41) is 2.79. The summed E-state index contributed by atoms with van der Waals surface area (Å²) < 4.78 is 20.2. The number of fused-ring (bicyclic) bond motifs is 1. The first kappa shape index (κ1) is 18.3. The van der Waals surface area contributed by atoms with E-state index in [-0.39, 0.29) is 30.1 Å². The highest BCUT2D eigenvalue weighted by atomic mass is 32.1. The topological polar surface area (TPSA) is 68.3 Å². The van der Waals surface area contributed by atoms with Crippen molar-refractivity contribution in [3.8, 4) is 17.0 Å². The molecular formula is C21H17FN2O3S. The molecule has 1 amide bonds. The standard InChI is InChI=1S/C21H17FN2O3S/c1-12(25)18-5-6-19(28-18)21(26)24-11-15-9-14-8-13(10-16(22)20(14)27-15)17-4-2-3-7-23-17/h2-8,10,15H,9,11H2,1H3,(H,24,26). The number of halogens is 1. The van der Waals surface area contributed by atoms with E-state index in [0.29, 0.717) is 27.4 Å². The van der Waals surface area contributed by atoms with Gasteiger partial charge in [0, 0.05) is 23.7 Å². The molecule has 2 aromatic heterocycles. The number of Topliss-reactive ketones (excluding diaryl/α,β-unsaturated/α-hetero) is 1. The molecule has 0 saturated carbocycles. The summed E-state index contributed by atoms with van der Waals surface area (Å²) in [5.41, 5.74) is 2.15. The maximum Gasteiger partial charge on any atom is 0.261 e. The zero-order chi connectivity index (χ0) is 19.7. The number of thiophene rings is 1. The molecule has 0 aliphatic carbocycles. The average molecular weight is 396 g/mol. The van der Waals surface area contributed by atoms with Gasteiger partial charge < -0.3 is 10.1 Å². The molecule has 1 aromatic carbocycles. The van der Waals surface area contributed by atoms with E-state index < -0.39 is 5.82 Å². The maximum absolute atomic E-state index is 14.5. The van der Waals surface area contributed by atoms with Crippen LogP contribution in [0.3, 0.4) is 0 Å². The lowest BCUT2D eigenvalue weighted by Gasteiger charge is -2.11. The summed E-state index contributed by atoms with van der Waals surface area (Å²) >= 11 is 1.15. The maximum atomic E-state index is 14.5. The lowest BCUT2D eigenvalue weighted by molar-refractivity contribution is 0.0936. The summed E-state index contributed by atoms with van der Waals surface area (Å²) in [6.45, 7) is 1.71. The van der Waals surface area contributed by atoms with Crippen LogP contribution >= 0.6 is 11.3 Å². The number of benzene rings is 1. The van der Waals surface area contributed by atoms with Crippen molar-refractivity contribution in [1.29, 1.82) is 0 Å². The monoisotopic (exact) mass is 396 g/mol. The Bertz CT molecular complexity index is 1050. The molecule has 0 radical (unpaired) electrons. The lowest BCUT2D eigenvalue weighted by Crippen LogP contribution is -2.34. The van der Waals surface area contributed by atoms with Crippen LogP contribution in [0.1, 0.15) is 31.8 Å². The number of ether oxygens (including phenoxy) is 1. The van der Waals surface area contributed by atoms with Gasteiger partial charge in [-0.25, -0.2) is 4.39 Å². The van der Waals surface area contributed by atoms with Gasteiger partial charge in [-0.15, -0.1) is 11.3 Å². The van der Waals surface area contributed by atoms with Gasteiger partial charge in [0.15, 0.2) is 17.3 Å². The summed E-state index contributed by atoms with van der Waals surface area (Å²) in [4.78, 5) is 28.9. The molecule has 3 aromatic rings. The minimum Gasteiger partial charge on any atom is -0.485 e. The highest BCUT2D eigenvalue weighted by molar-refractivity contribution is 7.15. The largest absolute Gasteiger partial charge is 0.485 e. The van der Waals surface area contributed by atoms with Gasteiger partial charge in [-0.1, -0.05) is 6.07 Å². The van der Waals surface area contributed by atoms with Crippen molar-refractivity contribution >= 4 is 23.0 Å². The Hall–Kier alpha value is -3.06. The van der Waals surface area contributed by atoms with Gasteiger partial charge in [-0.3, -0.25) is 14.6 Å². The van der Waals surface area contributed by atoms with Crippen LogP contribution in [0, 0.1) is 5.82 Å². The SMILES string of the molecule is CC(=O)c1ccc(C(=O)NCC2Cc3cc(-c4ccccn4)cc(F)c3O2)s1. The molecule has 0 spiro atoms. The Morgan fingerprint density at radius 3 is 2.79 bits per heavy atom.